The van der Waals surface area contributed by atoms with Crippen molar-refractivity contribution in [1.29, 1.82) is 0 Å². The number of phosphoric acid groups is 1. The van der Waals surface area contributed by atoms with Gasteiger partial charge in [-0.15, -0.1) is 0 Å². The first kappa shape index (κ1) is 50.8. The number of aliphatic hydroxyl groups is 16. The van der Waals surface area contributed by atoms with E-state index in [1.165, 1.54) is 6.92 Å². The van der Waals surface area contributed by atoms with Crippen LogP contribution in [0, 0.1) is 0 Å². The molecule has 0 bridgehead atoms. The highest BCUT2D eigenvalue weighted by atomic mass is 31.2. The normalized spacial score (nSPS) is 44.8. The van der Waals surface area contributed by atoms with E-state index in [0.717, 1.165) is 0 Å². The second kappa shape index (κ2) is 21.7. The molecule has 4 fully saturated rings. The van der Waals surface area contributed by atoms with Crippen molar-refractivity contribution in [3.8, 4) is 0 Å². The lowest BCUT2D eigenvalue weighted by Crippen LogP contribution is -2.67. The molecule has 0 aromatic heterocycles. The molecule has 18 N–H and O–H groups in total. The van der Waals surface area contributed by atoms with E-state index in [2.05, 4.69) is 4.52 Å². The zero-order valence-corrected chi connectivity index (χ0v) is 31.9. The Morgan fingerprint density at radius 2 is 1.05 bits per heavy atom. The number of hydrogen-bond acceptors (Lipinski definition) is 26. The lowest BCUT2D eigenvalue weighted by molar-refractivity contribution is -0.394. The fourth-order valence-electron chi connectivity index (χ4n) is 6.73. The molecule has 0 aromatic rings. The summed E-state index contributed by atoms with van der Waals surface area (Å²) in [6.45, 7) is -3.94. The van der Waals surface area contributed by atoms with Crippen molar-refractivity contribution in [1.82, 2.24) is 0 Å². The van der Waals surface area contributed by atoms with E-state index in [1.54, 1.807) is 0 Å². The van der Waals surface area contributed by atoms with E-state index >= 15 is 0 Å². The summed E-state index contributed by atoms with van der Waals surface area (Å²) in [5, 5.41) is 167. The van der Waals surface area contributed by atoms with Gasteiger partial charge in [-0.3, -0.25) is 4.52 Å². The van der Waals surface area contributed by atoms with Gasteiger partial charge in [0.15, 0.2) is 25.2 Å². The van der Waals surface area contributed by atoms with Crippen LogP contribution in [0.1, 0.15) is 6.92 Å². The van der Waals surface area contributed by atoms with Crippen LogP contribution in [0.15, 0.2) is 0 Å². The first-order chi connectivity index (χ1) is 27.6. The Labute approximate surface area is 333 Å². The van der Waals surface area contributed by atoms with E-state index < -0.39 is 188 Å². The molecule has 4 rings (SSSR count). The van der Waals surface area contributed by atoms with Gasteiger partial charge >= 0.3 is 7.82 Å². The summed E-state index contributed by atoms with van der Waals surface area (Å²) in [4.78, 5) is 17.8. The largest absolute Gasteiger partial charge is 0.469 e. The summed E-state index contributed by atoms with van der Waals surface area (Å²) in [5.41, 5.74) is 0. The van der Waals surface area contributed by atoms with Crippen LogP contribution in [-0.2, 0) is 47.0 Å². The van der Waals surface area contributed by atoms with Gasteiger partial charge in [0, 0.05) is 0 Å². The predicted octanol–water partition coefficient (Wildman–Crippen LogP) is -11.1. The molecule has 24 atom stereocenters. The molecule has 0 spiro atoms. The molecule has 0 unspecified atom stereocenters. The standard InChI is InChI=1S/C30H55O28P/c1-7-13(38)17(42)26(30(51-7)57-25-16(41)12(5-34)52-28(21(25)46)54-22(9(36)3-32)14(39)8(35)2-31)58-29-20(45)24(15(40)11(4-33)53-29)56-27-19(44)18(43)23(55-27)10(37)6-50-59(47,48)49/h7-46H,2-6H2,1H3,(H2,47,48,49)/t7-,8-,9+,10-,11-,12-,13-,14-,15+,16-,17+,18-,19-,20-,21+,22-,23+,24+,25+,26+,27+,28-,29-,30-/m1/s1. The number of rotatable bonds is 19. The van der Waals surface area contributed by atoms with Crippen molar-refractivity contribution in [2.24, 2.45) is 0 Å². The molecule has 348 valence electrons. The summed E-state index contributed by atoms with van der Waals surface area (Å²) in [7, 11) is -5.09. The van der Waals surface area contributed by atoms with Gasteiger partial charge in [0.1, 0.15) is 116 Å². The van der Waals surface area contributed by atoms with Crippen LogP contribution in [0.25, 0.3) is 0 Å². The average Bonchev–Trinajstić information content (AvgIpc) is 3.48. The second-order valence-electron chi connectivity index (χ2n) is 14.3. The second-order valence-corrected chi connectivity index (χ2v) is 15.5. The minimum atomic E-state index is -5.09. The Hall–Kier alpha value is -0.850. The van der Waals surface area contributed by atoms with Gasteiger partial charge in [-0.1, -0.05) is 0 Å². The number of phosphoric ester groups is 1. The van der Waals surface area contributed by atoms with Crippen molar-refractivity contribution in [2.45, 2.75) is 154 Å². The fraction of sp³-hybridized carbons (Fsp3) is 1.00. The van der Waals surface area contributed by atoms with Crippen LogP contribution in [0.5, 0.6) is 0 Å². The van der Waals surface area contributed by atoms with Crippen LogP contribution in [-0.4, -0.2) is 272 Å². The van der Waals surface area contributed by atoms with Crippen molar-refractivity contribution >= 4 is 7.82 Å². The molecular weight excluding hydrogens is 839 g/mol. The highest BCUT2D eigenvalue weighted by Crippen LogP contribution is 2.38. The van der Waals surface area contributed by atoms with Gasteiger partial charge in [0.05, 0.1) is 39.1 Å². The topological polar surface area (TPSA) is 464 Å². The maximum absolute atomic E-state index is 11.3. The Morgan fingerprint density at radius 3 is 1.58 bits per heavy atom. The Morgan fingerprint density at radius 1 is 0.559 bits per heavy atom. The highest BCUT2D eigenvalue weighted by Gasteiger charge is 2.56. The third-order valence-electron chi connectivity index (χ3n) is 10.1. The van der Waals surface area contributed by atoms with Gasteiger partial charge < -0.3 is 129 Å². The fourth-order valence-corrected chi connectivity index (χ4v) is 7.08. The molecule has 0 amide bonds. The molecule has 0 aromatic carbocycles. The molecular formula is C30H55O28P. The van der Waals surface area contributed by atoms with E-state index in [9.17, 15) is 86.3 Å². The predicted molar refractivity (Wildman–Crippen MR) is 178 cm³/mol. The van der Waals surface area contributed by atoms with Crippen molar-refractivity contribution in [2.75, 3.05) is 33.0 Å². The first-order valence-electron chi connectivity index (χ1n) is 18.1. The molecule has 0 radical (unpaired) electrons. The average molecular weight is 895 g/mol. The SMILES string of the molecule is C[C@H]1O[C@H](O[C@@H]2[C@H](O)[C@@H](O[C@@H]([C@H](O)[C@H](O)CO)[C@@H](O)CO)O[C@H](CO)[C@H]2O)[C@@H](O[C@H]2O[C@H](CO)[C@H](O)[C@H](O[C@@H]3O[C@@H]([C@H](O)COP(=O)(O)O)[C@H](O)[C@H]3O)[C@H]2O)[C@@H](O)[C@@H]1O. The summed E-state index contributed by atoms with van der Waals surface area (Å²) in [5.74, 6) is 0. The number of hydrogen-bond donors (Lipinski definition) is 18. The van der Waals surface area contributed by atoms with E-state index in [-0.39, 0.29) is 0 Å². The van der Waals surface area contributed by atoms with Crippen LogP contribution < -0.4 is 0 Å². The summed E-state index contributed by atoms with van der Waals surface area (Å²) in [6, 6.07) is 0. The number of ether oxygens (including phenoxy) is 8. The van der Waals surface area contributed by atoms with Crippen LogP contribution >= 0.6 is 7.82 Å². The molecule has 0 saturated carbocycles. The summed E-state index contributed by atoms with van der Waals surface area (Å²) < 4.78 is 59.6. The smallest absolute Gasteiger partial charge is 0.394 e. The molecule has 4 saturated heterocycles. The third-order valence-corrected chi connectivity index (χ3v) is 10.6. The van der Waals surface area contributed by atoms with Gasteiger partial charge in [-0.2, -0.15) is 0 Å². The molecule has 4 heterocycles. The van der Waals surface area contributed by atoms with Crippen molar-refractivity contribution in [3.63, 3.8) is 0 Å². The quantitative estimate of drug-likeness (QED) is 0.0535. The van der Waals surface area contributed by atoms with Crippen molar-refractivity contribution < 1.29 is 138 Å². The van der Waals surface area contributed by atoms with Crippen molar-refractivity contribution in [3.05, 3.63) is 0 Å². The van der Waals surface area contributed by atoms with Gasteiger partial charge in [-0.25, -0.2) is 4.57 Å². The van der Waals surface area contributed by atoms with E-state index in [1.807, 2.05) is 0 Å². The first-order valence-corrected chi connectivity index (χ1v) is 19.7. The molecule has 4 aliphatic heterocycles. The maximum atomic E-state index is 11.3. The molecule has 0 aliphatic carbocycles. The van der Waals surface area contributed by atoms with Crippen LogP contribution in [0.4, 0.5) is 0 Å². The third kappa shape index (κ3) is 11.8. The summed E-state index contributed by atoms with van der Waals surface area (Å²) >= 11 is 0. The van der Waals surface area contributed by atoms with Gasteiger partial charge in [0.25, 0.3) is 0 Å². The zero-order chi connectivity index (χ0) is 44.3. The molecule has 4 aliphatic rings. The van der Waals surface area contributed by atoms with E-state index in [4.69, 9.17) is 47.7 Å². The maximum Gasteiger partial charge on any atom is 0.469 e. The monoisotopic (exact) mass is 894 g/mol. The minimum Gasteiger partial charge on any atom is -0.394 e. The van der Waals surface area contributed by atoms with Gasteiger partial charge in [0.2, 0.25) is 0 Å². The highest BCUT2D eigenvalue weighted by molar-refractivity contribution is 7.46. The Bertz CT molecular complexity index is 1320. The molecule has 28 nitrogen and oxygen atoms in total. The molecule has 29 heteroatoms. The van der Waals surface area contributed by atoms with Crippen LogP contribution in [0.2, 0.25) is 0 Å². The zero-order valence-electron chi connectivity index (χ0n) is 31.0. The molecule has 59 heavy (non-hydrogen) atoms. The Balaban J connectivity index is 1.56. The summed E-state index contributed by atoms with van der Waals surface area (Å²) in [6.07, 6.45) is -46.7. The lowest BCUT2D eigenvalue weighted by Gasteiger charge is -2.49. The van der Waals surface area contributed by atoms with Gasteiger partial charge in [-0.05, 0) is 6.92 Å². The Kier molecular flexibility index (Phi) is 18.7. The number of aliphatic hydroxyl groups excluding tert-OH is 16. The lowest BCUT2D eigenvalue weighted by atomic mass is 9.96. The minimum absolute atomic E-state index is 0.989. The van der Waals surface area contributed by atoms with Crippen LogP contribution in [0.3, 0.4) is 0 Å². The van der Waals surface area contributed by atoms with E-state index in [0.29, 0.717) is 0 Å².